The fourth-order valence-electron chi connectivity index (χ4n) is 2.69. The number of hydrogen-bond acceptors (Lipinski definition) is 3. The first-order chi connectivity index (χ1) is 7.85. The first kappa shape index (κ1) is 12.1. The summed E-state index contributed by atoms with van der Waals surface area (Å²) < 4.78 is 0. The maximum atomic E-state index is 5.82. The number of nitrogens with one attached hydrogen (secondary N) is 1. The van der Waals surface area contributed by atoms with Crippen LogP contribution in [0.1, 0.15) is 43.5 Å². The number of hydrogen-bond donors (Lipinski definition) is 2. The van der Waals surface area contributed by atoms with E-state index in [0.29, 0.717) is 18.0 Å². The third kappa shape index (κ3) is 2.65. The molecule has 0 aromatic carbocycles. The third-order valence-electron chi connectivity index (χ3n) is 3.67. The Balaban J connectivity index is 1.96. The zero-order valence-electron chi connectivity index (χ0n) is 9.99. The average Bonchev–Trinajstić information content (AvgIpc) is 2.96. The van der Waals surface area contributed by atoms with E-state index in [1.807, 2.05) is 11.3 Å². The van der Waals surface area contributed by atoms with Crippen LogP contribution in [0, 0.1) is 5.92 Å². The van der Waals surface area contributed by atoms with Crippen LogP contribution in [0.3, 0.4) is 0 Å². The molecule has 3 N–H and O–H groups in total. The summed E-state index contributed by atoms with van der Waals surface area (Å²) in [6, 6.07) is 5.53. The zero-order valence-corrected chi connectivity index (χ0v) is 10.8. The molecular weight excluding hydrogens is 216 g/mol. The van der Waals surface area contributed by atoms with Gasteiger partial charge in [0.15, 0.2) is 0 Å². The van der Waals surface area contributed by atoms with Crippen LogP contribution in [0.2, 0.25) is 0 Å². The van der Waals surface area contributed by atoms with E-state index in [-0.39, 0.29) is 0 Å². The summed E-state index contributed by atoms with van der Waals surface area (Å²) >= 11 is 1.85. The first-order valence-electron chi connectivity index (χ1n) is 6.34. The molecule has 0 bridgehead atoms. The van der Waals surface area contributed by atoms with Crippen molar-refractivity contribution in [2.45, 2.75) is 44.7 Å². The van der Waals surface area contributed by atoms with E-state index >= 15 is 0 Å². The second-order valence-corrected chi connectivity index (χ2v) is 5.66. The first-order valence-corrected chi connectivity index (χ1v) is 7.22. The van der Waals surface area contributed by atoms with Gasteiger partial charge in [0.25, 0.3) is 0 Å². The molecule has 1 fully saturated rings. The lowest BCUT2D eigenvalue weighted by Crippen LogP contribution is -2.38. The van der Waals surface area contributed by atoms with Crippen molar-refractivity contribution in [3.05, 3.63) is 22.4 Å². The van der Waals surface area contributed by atoms with Crippen molar-refractivity contribution in [3.63, 3.8) is 0 Å². The van der Waals surface area contributed by atoms with Crippen LogP contribution in [0.25, 0.3) is 0 Å². The molecule has 0 spiro atoms. The molecule has 2 rings (SSSR count). The van der Waals surface area contributed by atoms with E-state index in [0.717, 1.165) is 13.0 Å². The fraction of sp³-hybridized carbons (Fsp3) is 0.692. The Bertz CT molecular complexity index is 297. The highest BCUT2D eigenvalue weighted by Crippen LogP contribution is 2.29. The predicted octanol–water partition coefficient (Wildman–Crippen LogP) is 2.92. The Morgan fingerprint density at radius 2 is 2.44 bits per heavy atom. The monoisotopic (exact) mass is 238 g/mol. The highest BCUT2D eigenvalue weighted by molar-refractivity contribution is 7.10. The highest BCUT2D eigenvalue weighted by atomic mass is 32.1. The molecule has 3 atom stereocenters. The molecule has 0 radical (unpaired) electrons. The Morgan fingerprint density at radius 1 is 1.56 bits per heavy atom. The van der Waals surface area contributed by atoms with Crippen LogP contribution in [0.15, 0.2) is 17.5 Å². The minimum absolute atomic E-state index is 0.525. The standard InChI is InChI=1S/C13H22N2S/c1-2-11(13-7-4-8-16-13)15-12-6-3-5-10(12)9-14/h4,7-8,10-12,15H,2-3,5-6,9,14H2,1H3. The molecule has 90 valence electrons. The zero-order chi connectivity index (χ0) is 11.4. The van der Waals surface area contributed by atoms with Crippen molar-refractivity contribution < 1.29 is 0 Å². The molecule has 3 unspecified atom stereocenters. The molecule has 16 heavy (non-hydrogen) atoms. The maximum absolute atomic E-state index is 5.82. The van der Waals surface area contributed by atoms with Crippen molar-refractivity contribution in [1.82, 2.24) is 5.32 Å². The second kappa shape index (κ2) is 5.80. The van der Waals surface area contributed by atoms with E-state index in [9.17, 15) is 0 Å². The third-order valence-corrected chi connectivity index (χ3v) is 4.66. The van der Waals surface area contributed by atoms with Gasteiger partial charge in [-0.25, -0.2) is 0 Å². The van der Waals surface area contributed by atoms with Crippen molar-refractivity contribution in [2.75, 3.05) is 6.54 Å². The van der Waals surface area contributed by atoms with Crippen LogP contribution in [0.5, 0.6) is 0 Å². The van der Waals surface area contributed by atoms with E-state index < -0.39 is 0 Å². The Hall–Kier alpha value is -0.380. The van der Waals surface area contributed by atoms with Gasteiger partial charge in [0, 0.05) is 17.0 Å². The van der Waals surface area contributed by atoms with E-state index in [2.05, 4.69) is 29.8 Å². The van der Waals surface area contributed by atoms with Crippen LogP contribution in [-0.2, 0) is 0 Å². The molecule has 3 heteroatoms. The summed E-state index contributed by atoms with van der Waals surface area (Å²) in [7, 11) is 0. The van der Waals surface area contributed by atoms with Crippen molar-refractivity contribution in [1.29, 1.82) is 0 Å². The molecule has 2 nitrogen and oxygen atoms in total. The lowest BCUT2D eigenvalue weighted by molar-refractivity contribution is 0.360. The van der Waals surface area contributed by atoms with Gasteiger partial charge < -0.3 is 11.1 Å². The summed E-state index contributed by atoms with van der Waals surface area (Å²) in [6.07, 6.45) is 5.09. The van der Waals surface area contributed by atoms with Crippen molar-refractivity contribution >= 4 is 11.3 Å². The van der Waals surface area contributed by atoms with Gasteiger partial charge in [-0.3, -0.25) is 0 Å². The average molecular weight is 238 g/mol. The van der Waals surface area contributed by atoms with E-state index in [4.69, 9.17) is 5.73 Å². The minimum Gasteiger partial charge on any atom is -0.330 e. The van der Waals surface area contributed by atoms with Gasteiger partial charge in [-0.2, -0.15) is 0 Å². The van der Waals surface area contributed by atoms with Gasteiger partial charge in [0.2, 0.25) is 0 Å². The van der Waals surface area contributed by atoms with Crippen LogP contribution in [-0.4, -0.2) is 12.6 Å². The fourth-order valence-corrected chi connectivity index (χ4v) is 3.56. The molecule has 1 aliphatic rings. The quantitative estimate of drug-likeness (QED) is 0.828. The Morgan fingerprint density at radius 3 is 3.06 bits per heavy atom. The van der Waals surface area contributed by atoms with Gasteiger partial charge in [-0.1, -0.05) is 19.4 Å². The lowest BCUT2D eigenvalue weighted by atomic mass is 10.0. The van der Waals surface area contributed by atoms with E-state index in [1.54, 1.807) is 0 Å². The highest BCUT2D eigenvalue weighted by Gasteiger charge is 2.27. The number of nitrogens with two attached hydrogens (primary N) is 1. The minimum atomic E-state index is 0.525. The van der Waals surface area contributed by atoms with Gasteiger partial charge >= 0.3 is 0 Å². The predicted molar refractivity (Wildman–Crippen MR) is 70.7 cm³/mol. The van der Waals surface area contributed by atoms with Crippen molar-refractivity contribution in [3.8, 4) is 0 Å². The summed E-state index contributed by atoms with van der Waals surface area (Å²) in [5.41, 5.74) is 5.82. The van der Waals surface area contributed by atoms with Crippen LogP contribution in [0.4, 0.5) is 0 Å². The molecule has 1 aromatic heterocycles. The Kier molecular flexibility index (Phi) is 4.38. The van der Waals surface area contributed by atoms with E-state index in [1.165, 1.54) is 24.1 Å². The van der Waals surface area contributed by atoms with Gasteiger partial charge in [-0.15, -0.1) is 11.3 Å². The summed E-state index contributed by atoms with van der Waals surface area (Å²) in [6.45, 7) is 3.09. The summed E-state index contributed by atoms with van der Waals surface area (Å²) in [4.78, 5) is 1.46. The molecule has 0 saturated heterocycles. The summed E-state index contributed by atoms with van der Waals surface area (Å²) in [5.74, 6) is 0.689. The van der Waals surface area contributed by atoms with Gasteiger partial charge in [0.1, 0.15) is 0 Å². The summed E-state index contributed by atoms with van der Waals surface area (Å²) in [5, 5.41) is 5.96. The van der Waals surface area contributed by atoms with Crippen LogP contribution < -0.4 is 11.1 Å². The van der Waals surface area contributed by atoms with Gasteiger partial charge in [-0.05, 0) is 43.2 Å². The molecule has 0 amide bonds. The second-order valence-electron chi connectivity index (χ2n) is 4.68. The molecule has 1 aromatic rings. The molecule has 1 saturated carbocycles. The molecule has 0 aliphatic heterocycles. The van der Waals surface area contributed by atoms with Gasteiger partial charge in [0.05, 0.1) is 0 Å². The largest absolute Gasteiger partial charge is 0.330 e. The topological polar surface area (TPSA) is 38.0 Å². The molecular formula is C13H22N2S. The molecule has 1 aliphatic carbocycles. The SMILES string of the molecule is CCC(NC1CCCC1CN)c1cccs1. The van der Waals surface area contributed by atoms with Crippen molar-refractivity contribution in [2.24, 2.45) is 11.7 Å². The van der Waals surface area contributed by atoms with Crippen LogP contribution >= 0.6 is 11.3 Å². The molecule has 1 heterocycles. The Labute approximate surface area is 102 Å². The number of rotatable bonds is 5. The maximum Gasteiger partial charge on any atom is 0.0414 e. The lowest BCUT2D eigenvalue weighted by Gasteiger charge is -2.25. The number of thiophene rings is 1. The smallest absolute Gasteiger partial charge is 0.0414 e. The normalized spacial score (nSPS) is 27.1.